The van der Waals surface area contributed by atoms with Gasteiger partial charge < -0.3 is 5.73 Å². The van der Waals surface area contributed by atoms with Crippen molar-refractivity contribution in [1.29, 1.82) is 5.26 Å². The van der Waals surface area contributed by atoms with Crippen LogP contribution in [-0.2, 0) is 10.0 Å². The van der Waals surface area contributed by atoms with Crippen LogP contribution in [-0.4, -0.2) is 8.42 Å². The molecule has 0 fully saturated rings. The van der Waals surface area contributed by atoms with Gasteiger partial charge in [-0.05, 0) is 58.7 Å². The molecule has 0 aliphatic rings. The molecule has 0 saturated carbocycles. The van der Waals surface area contributed by atoms with Gasteiger partial charge in [-0.3, -0.25) is 4.72 Å². The highest BCUT2D eigenvalue weighted by Crippen LogP contribution is 2.27. The molecule has 0 aliphatic heterocycles. The van der Waals surface area contributed by atoms with Crippen LogP contribution >= 0.6 is 15.9 Å². The fourth-order valence-corrected chi connectivity index (χ4v) is 3.85. The number of nitrogen functional groups attached to an aromatic ring is 1. The molecule has 21 heavy (non-hydrogen) atoms. The van der Waals surface area contributed by atoms with Crippen molar-refractivity contribution in [3.63, 3.8) is 0 Å². The summed E-state index contributed by atoms with van der Waals surface area (Å²) in [4.78, 5) is 0.0456. The van der Waals surface area contributed by atoms with Crippen molar-refractivity contribution in [3.05, 3.63) is 52.0 Å². The van der Waals surface area contributed by atoms with Crippen LogP contribution in [0, 0.1) is 18.3 Å². The van der Waals surface area contributed by atoms with Crippen LogP contribution in [0.4, 0.5) is 11.4 Å². The zero-order valence-electron chi connectivity index (χ0n) is 11.1. The minimum absolute atomic E-state index is 0.0456. The zero-order valence-corrected chi connectivity index (χ0v) is 13.5. The van der Waals surface area contributed by atoms with Crippen LogP contribution in [0.2, 0.25) is 0 Å². The third kappa shape index (κ3) is 3.35. The van der Waals surface area contributed by atoms with Crippen molar-refractivity contribution in [2.75, 3.05) is 10.5 Å². The lowest BCUT2D eigenvalue weighted by Crippen LogP contribution is -2.14. The first kappa shape index (κ1) is 15.4. The Hall–Kier alpha value is -2.04. The van der Waals surface area contributed by atoms with E-state index in [0.29, 0.717) is 21.4 Å². The minimum Gasteiger partial charge on any atom is -0.399 e. The lowest BCUT2D eigenvalue weighted by Gasteiger charge is -2.12. The number of nitrogens with zero attached hydrogens (tertiary/aromatic N) is 1. The Morgan fingerprint density at radius 1 is 1.24 bits per heavy atom. The molecule has 3 N–H and O–H groups in total. The second-order valence-corrected chi connectivity index (χ2v) is 6.94. The molecule has 0 heterocycles. The van der Waals surface area contributed by atoms with Crippen molar-refractivity contribution in [2.24, 2.45) is 0 Å². The molecule has 0 amide bonds. The summed E-state index contributed by atoms with van der Waals surface area (Å²) in [6.45, 7) is 1.76. The average Bonchev–Trinajstić information content (AvgIpc) is 2.43. The van der Waals surface area contributed by atoms with Gasteiger partial charge in [-0.15, -0.1) is 0 Å². The van der Waals surface area contributed by atoms with Crippen LogP contribution < -0.4 is 10.5 Å². The first-order valence-corrected chi connectivity index (χ1v) is 8.20. The lowest BCUT2D eigenvalue weighted by molar-refractivity contribution is 0.600. The summed E-state index contributed by atoms with van der Waals surface area (Å²) in [5.41, 5.74) is 7.45. The second kappa shape index (κ2) is 5.76. The van der Waals surface area contributed by atoms with E-state index in [1.165, 1.54) is 12.1 Å². The molecule has 0 aliphatic carbocycles. The molecule has 0 radical (unpaired) electrons. The van der Waals surface area contributed by atoms with Crippen molar-refractivity contribution in [1.82, 2.24) is 0 Å². The Morgan fingerprint density at radius 2 is 1.95 bits per heavy atom. The Morgan fingerprint density at radius 3 is 2.62 bits per heavy atom. The number of nitrogens with two attached hydrogens (primary N) is 1. The van der Waals surface area contributed by atoms with Crippen molar-refractivity contribution in [3.8, 4) is 6.07 Å². The first-order chi connectivity index (χ1) is 9.83. The molecule has 0 spiro atoms. The number of hydrogen-bond donors (Lipinski definition) is 2. The molecule has 0 aromatic heterocycles. The van der Waals surface area contributed by atoms with Crippen LogP contribution in [0.5, 0.6) is 0 Å². The monoisotopic (exact) mass is 365 g/mol. The molecule has 5 nitrogen and oxygen atoms in total. The van der Waals surface area contributed by atoms with E-state index in [-0.39, 0.29) is 4.90 Å². The Balaban J connectivity index is 2.47. The number of hydrogen-bond acceptors (Lipinski definition) is 4. The van der Waals surface area contributed by atoms with Gasteiger partial charge in [-0.1, -0.05) is 6.07 Å². The van der Waals surface area contributed by atoms with Crippen LogP contribution in [0.3, 0.4) is 0 Å². The van der Waals surface area contributed by atoms with E-state index in [0.717, 1.165) is 5.56 Å². The molecule has 0 atom stereocenters. The Labute approximate surface area is 131 Å². The maximum absolute atomic E-state index is 12.4. The fraction of sp³-hybridized carbons (Fsp3) is 0.0714. The maximum atomic E-state index is 12.4. The average molecular weight is 366 g/mol. The van der Waals surface area contributed by atoms with Gasteiger partial charge in [0.1, 0.15) is 4.90 Å². The fourth-order valence-electron chi connectivity index (χ4n) is 1.73. The Kier molecular flexibility index (Phi) is 4.21. The molecule has 0 unspecified atom stereocenters. The van der Waals surface area contributed by atoms with Gasteiger partial charge in [-0.25, -0.2) is 8.42 Å². The predicted octanol–water partition coefficient (Wildman–Crippen LogP) is 3.01. The first-order valence-electron chi connectivity index (χ1n) is 5.92. The molecule has 2 aromatic carbocycles. The molecule has 2 aromatic rings. The van der Waals surface area contributed by atoms with Gasteiger partial charge in [0.2, 0.25) is 0 Å². The molecular formula is C14H12BrN3O2S. The van der Waals surface area contributed by atoms with Crippen molar-refractivity contribution in [2.45, 2.75) is 11.8 Å². The smallest absolute Gasteiger partial charge is 0.263 e. The van der Waals surface area contributed by atoms with Crippen molar-refractivity contribution >= 4 is 37.3 Å². The summed E-state index contributed by atoms with van der Waals surface area (Å²) in [7, 11) is -3.80. The molecule has 2 rings (SSSR count). The summed E-state index contributed by atoms with van der Waals surface area (Å²) >= 11 is 3.20. The van der Waals surface area contributed by atoms with Crippen LogP contribution in [0.1, 0.15) is 11.1 Å². The van der Waals surface area contributed by atoms with Crippen LogP contribution in [0.15, 0.2) is 45.8 Å². The number of nitrogens with one attached hydrogen (secondary N) is 1. The Bertz CT molecular complexity index is 842. The number of rotatable bonds is 3. The third-order valence-electron chi connectivity index (χ3n) is 2.86. The molecule has 0 saturated heterocycles. The number of sulfonamides is 1. The van der Waals surface area contributed by atoms with E-state index in [9.17, 15) is 8.42 Å². The highest BCUT2D eigenvalue weighted by Gasteiger charge is 2.19. The number of benzene rings is 2. The molecular weight excluding hydrogens is 354 g/mol. The summed E-state index contributed by atoms with van der Waals surface area (Å²) in [6.07, 6.45) is 0. The normalized spacial score (nSPS) is 10.9. The molecule has 7 heteroatoms. The zero-order chi connectivity index (χ0) is 15.6. The number of aryl methyl sites for hydroxylation is 1. The van der Waals surface area contributed by atoms with E-state index in [2.05, 4.69) is 20.7 Å². The highest BCUT2D eigenvalue weighted by molar-refractivity contribution is 9.10. The maximum Gasteiger partial charge on any atom is 0.263 e. The topological polar surface area (TPSA) is 96.0 Å². The second-order valence-electron chi connectivity index (χ2n) is 4.44. The predicted molar refractivity (Wildman–Crippen MR) is 85.3 cm³/mol. The number of anilines is 2. The lowest BCUT2D eigenvalue weighted by atomic mass is 10.1. The van der Waals surface area contributed by atoms with Gasteiger partial charge in [-0.2, -0.15) is 5.26 Å². The van der Waals surface area contributed by atoms with Crippen molar-refractivity contribution < 1.29 is 8.42 Å². The SMILES string of the molecule is Cc1ccc(C#N)cc1NS(=O)(=O)c1cc(N)ccc1Br. The van der Waals surface area contributed by atoms with Gasteiger partial charge in [0.05, 0.1) is 17.3 Å². The largest absolute Gasteiger partial charge is 0.399 e. The molecule has 108 valence electrons. The molecule has 0 bridgehead atoms. The van der Waals surface area contributed by atoms with Crippen LogP contribution in [0.25, 0.3) is 0 Å². The quantitative estimate of drug-likeness (QED) is 0.817. The standard InChI is InChI=1S/C14H12BrN3O2S/c1-9-2-3-10(8-16)6-13(9)18-21(19,20)14-7-11(17)4-5-12(14)15/h2-7,18H,17H2,1H3. The summed E-state index contributed by atoms with van der Waals surface area (Å²) in [5.74, 6) is 0. The third-order valence-corrected chi connectivity index (χ3v) is 5.22. The number of nitriles is 1. The minimum atomic E-state index is -3.80. The summed E-state index contributed by atoms with van der Waals surface area (Å²) in [5, 5.41) is 8.90. The van der Waals surface area contributed by atoms with E-state index in [1.807, 2.05) is 6.07 Å². The van der Waals surface area contributed by atoms with Gasteiger partial charge in [0.25, 0.3) is 10.0 Å². The van der Waals surface area contributed by atoms with Gasteiger partial charge in [0.15, 0.2) is 0 Å². The van der Waals surface area contributed by atoms with Gasteiger partial charge in [0, 0.05) is 10.2 Å². The highest BCUT2D eigenvalue weighted by atomic mass is 79.9. The number of halogens is 1. The van der Waals surface area contributed by atoms with E-state index < -0.39 is 10.0 Å². The summed E-state index contributed by atoms with van der Waals surface area (Å²) < 4.78 is 27.8. The van der Waals surface area contributed by atoms with E-state index in [4.69, 9.17) is 11.0 Å². The van der Waals surface area contributed by atoms with Gasteiger partial charge >= 0.3 is 0 Å². The van der Waals surface area contributed by atoms with E-state index in [1.54, 1.807) is 31.2 Å². The summed E-state index contributed by atoms with van der Waals surface area (Å²) in [6, 6.07) is 11.3. The van der Waals surface area contributed by atoms with E-state index >= 15 is 0 Å².